The molecule has 5 nitrogen and oxygen atoms in total. The summed E-state index contributed by atoms with van der Waals surface area (Å²) in [7, 11) is 3.38. The van der Waals surface area contributed by atoms with Crippen LogP contribution in [0.1, 0.15) is 15.4 Å². The summed E-state index contributed by atoms with van der Waals surface area (Å²) < 4.78 is 0. The Hall–Kier alpha value is -2.35. The maximum Gasteiger partial charge on any atom is 0.286 e. The molecule has 0 atom stereocenters. The van der Waals surface area contributed by atoms with Crippen molar-refractivity contribution in [2.75, 3.05) is 19.4 Å². The predicted octanol–water partition coefficient (Wildman–Crippen LogP) is 5.80. The number of carbonyl (C=O) groups excluding carboxylic acids is 2. The number of halogens is 1. The third kappa shape index (κ3) is 4.73. The van der Waals surface area contributed by atoms with E-state index in [-0.39, 0.29) is 11.1 Å². The molecule has 0 saturated heterocycles. The van der Waals surface area contributed by atoms with E-state index in [0.29, 0.717) is 26.2 Å². The number of aryl methyl sites for hydroxylation is 1. The molecule has 0 spiro atoms. The van der Waals surface area contributed by atoms with Crippen LogP contribution in [0.2, 0.25) is 5.02 Å². The monoisotopic (exact) mass is 431 g/mol. The zero-order valence-corrected chi connectivity index (χ0v) is 17.9. The molecule has 144 valence electrons. The number of anilines is 1. The first-order valence-electron chi connectivity index (χ1n) is 8.38. The van der Waals surface area contributed by atoms with Crippen LogP contribution in [-0.2, 0) is 0 Å². The minimum absolute atomic E-state index is 0.112. The van der Waals surface area contributed by atoms with Gasteiger partial charge in [-0.05, 0) is 43.0 Å². The zero-order valence-electron chi connectivity index (χ0n) is 15.5. The van der Waals surface area contributed by atoms with Gasteiger partial charge in [-0.25, -0.2) is 4.98 Å². The lowest BCUT2D eigenvalue weighted by atomic mass is 10.2. The van der Waals surface area contributed by atoms with Crippen molar-refractivity contribution in [3.05, 3.63) is 64.1 Å². The average Bonchev–Trinajstić information content (AvgIpc) is 3.05. The van der Waals surface area contributed by atoms with Crippen LogP contribution in [0.25, 0.3) is 10.6 Å². The lowest BCUT2D eigenvalue weighted by Gasteiger charge is -2.12. The summed E-state index contributed by atoms with van der Waals surface area (Å²) >= 11 is 8.43. The maximum atomic E-state index is 12.8. The van der Waals surface area contributed by atoms with Crippen molar-refractivity contribution in [2.24, 2.45) is 0 Å². The van der Waals surface area contributed by atoms with E-state index in [1.807, 2.05) is 30.3 Å². The van der Waals surface area contributed by atoms with Crippen LogP contribution >= 0.6 is 34.7 Å². The van der Waals surface area contributed by atoms with Crippen LogP contribution in [0.4, 0.5) is 10.5 Å². The Morgan fingerprint density at radius 1 is 1.14 bits per heavy atom. The molecule has 0 aliphatic heterocycles. The fourth-order valence-corrected chi connectivity index (χ4v) is 4.27. The number of nitrogens with one attached hydrogen (secondary N) is 1. The third-order valence-electron chi connectivity index (χ3n) is 3.77. The molecule has 0 fully saturated rings. The lowest BCUT2D eigenvalue weighted by molar-refractivity contribution is 0.102. The SMILES string of the molecule is Cc1nc(-c2cccc(Cl)c2)sc1C(=O)Nc1ccccc1SC(=O)N(C)C. The number of amides is 2. The Morgan fingerprint density at radius 3 is 2.61 bits per heavy atom. The summed E-state index contributed by atoms with van der Waals surface area (Å²) in [5.41, 5.74) is 2.10. The van der Waals surface area contributed by atoms with Gasteiger partial charge in [0.2, 0.25) is 0 Å². The zero-order chi connectivity index (χ0) is 20.3. The largest absolute Gasteiger partial charge is 0.339 e. The molecule has 3 aromatic rings. The van der Waals surface area contributed by atoms with Crippen molar-refractivity contribution in [1.29, 1.82) is 0 Å². The van der Waals surface area contributed by atoms with E-state index in [1.54, 1.807) is 39.2 Å². The predicted molar refractivity (Wildman–Crippen MR) is 117 cm³/mol. The molecule has 3 rings (SSSR count). The van der Waals surface area contributed by atoms with E-state index in [9.17, 15) is 9.59 Å². The van der Waals surface area contributed by atoms with Gasteiger partial charge in [0.1, 0.15) is 9.88 Å². The van der Waals surface area contributed by atoms with Crippen LogP contribution in [0.5, 0.6) is 0 Å². The van der Waals surface area contributed by atoms with Gasteiger partial charge in [0.25, 0.3) is 11.1 Å². The van der Waals surface area contributed by atoms with Crippen LogP contribution < -0.4 is 5.32 Å². The molecular weight excluding hydrogens is 414 g/mol. The molecule has 0 aliphatic carbocycles. The average molecular weight is 432 g/mol. The van der Waals surface area contributed by atoms with E-state index in [0.717, 1.165) is 22.3 Å². The lowest BCUT2D eigenvalue weighted by Crippen LogP contribution is -2.17. The second-order valence-electron chi connectivity index (χ2n) is 6.16. The first-order chi connectivity index (χ1) is 13.3. The Bertz CT molecular complexity index is 1030. The van der Waals surface area contributed by atoms with E-state index < -0.39 is 0 Å². The van der Waals surface area contributed by atoms with Crippen LogP contribution in [0.15, 0.2) is 53.4 Å². The number of hydrogen-bond donors (Lipinski definition) is 1. The normalized spacial score (nSPS) is 10.6. The highest BCUT2D eigenvalue weighted by atomic mass is 35.5. The summed E-state index contributed by atoms with van der Waals surface area (Å²) in [4.78, 5) is 32.1. The van der Waals surface area contributed by atoms with Crippen LogP contribution in [-0.4, -0.2) is 35.1 Å². The summed E-state index contributed by atoms with van der Waals surface area (Å²) in [5.74, 6) is -0.256. The smallest absolute Gasteiger partial charge is 0.286 e. The molecule has 0 bridgehead atoms. The van der Waals surface area contributed by atoms with Crippen molar-refractivity contribution in [3.63, 3.8) is 0 Å². The summed E-state index contributed by atoms with van der Waals surface area (Å²) in [6.07, 6.45) is 0. The highest BCUT2D eigenvalue weighted by molar-refractivity contribution is 8.13. The maximum absolute atomic E-state index is 12.8. The van der Waals surface area contributed by atoms with Gasteiger partial charge in [-0.1, -0.05) is 35.9 Å². The Labute approximate surface area is 176 Å². The van der Waals surface area contributed by atoms with E-state index >= 15 is 0 Å². The minimum Gasteiger partial charge on any atom is -0.339 e. The number of carbonyl (C=O) groups is 2. The molecule has 0 aliphatic rings. The number of rotatable bonds is 4. The summed E-state index contributed by atoms with van der Waals surface area (Å²) in [5, 5.41) is 4.14. The van der Waals surface area contributed by atoms with E-state index in [4.69, 9.17) is 11.6 Å². The standard InChI is InChI=1S/C20H18ClN3O2S2/c1-12-17(28-19(22-12)13-7-6-8-14(21)11-13)18(25)23-15-9-4-5-10-16(15)27-20(26)24(2)3/h4-11H,1-3H3,(H,23,25). The number of hydrogen-bond acceptors (Lipinski definition) is 5. The Morgan fingerprint density at radius 2 is 1.89 bits per heavy atom. The molecule has 1 heterocycles. The van der Waals surface area contributed by atoms with Crippen LogP contribution in [0, 0.1) is 6.92 Å². The van der Waals surface area contributed by atoms with Crippen molar-refractivity contribution >= 4 is 51.5 Å². The molecule has 2 amide bonds. The number of thioether (sulfide) groups is 1. The number of benzene rings is 2. The molecule has 1 aromatic heterocycles. The molecule has 0 radical (unpaired) electrons. The van der Waals surface area contributed by atoms with Gasteiger partial charge >= 0.3 is 0 Å². The number of thiazole rings is 1. The van der Waals surface area contributed by atoms with Crippen molar-refractivity contribution in [2.45, 2.75) is 11.8 Å². The number of aromatic nitrogens is 1. The van der Waals surface area contributed by atoms with Crippen molar-refractivity contribution < 1.29 is 9.59 Å². The highest BCUT2D eigenvalue weighted by Crippen LogP contribution is 2.32. The van der Waals surface area contributed by atoms with Gasteiger partial charge < -0.3 is 10.2 Å². The Kier molecular flexibility index (Phi) is 6.39. The van der Waals surface area contributed by atoms with Gasteiger partial charge in [0.15, 0.2) is 0 Å². The number of para-hydroxylation sites is 1. The molecule has 0 saturated carbocycles. The molecular formula is C20H18ClN3O2S2. The summed E-state index contributed by atoms with van der Waals surface area (Å²) in [6, 6.07) is 14.6. The molecule has 1 N–H and O–H groups in total. The second kappa shape index (κ2) is 8.77. The van der Waals surface area contributed by atoms with Crippen LogP contribution in [0.3, 0.4) is 0 Å². The van der Waals surface area contributed by atoms with Gasteiger partial charge in [-0.2, -0.15) is 0 Å². The Balaban J connectivity index is 1.84. The van der Waals surface area contributed by atoms with E-state index in [2.05, 4.69) is 10.3 Å². The molecule has 28 heavy (non-hydrogen) atoms. The van der Waals surface area contributed by atoms with Gasteiger partial charge in [0, 0.05) is 29.6 Å². The molecule has 0 unspecified atom stereocenters. The van der Waals surface area contributed by atoms with Gasteiger partial charge in [0.05, 0.1) is 11.4 Å². The van der Waals surface area contributed by atoms with E-state index in [1.165, 1.54) is 16.2 Å². The van der Waals surface area contributed by atoms with Crippen molar-refractivity contribution in [3.8, 4) is 10.6 Å². The summed E-state index contributed by atoms with van der Waals surface area (Å²) in [6.45, 7) is 1.80. The second-order valence-corrected chi connectivity index (χ2v) is 8.59. The quantitative estimate of drug-likeness (QED) is 0.530. The first-order valence-corrected chi connectivity index (χ1v) is 10.4. The topological polar surface area (TPSA) is 62.3 Å². The van der Waals surface area contributed by atoms with Crippen molar-refractivity contribution in [1.82, 2.24) is 9.88 Å². The first kappa shape index (κ1) is 20.4. The molecule has 2 aromatic carbocycles. The van der Waals surface area contributed by atoms with Gasteiger partial charge in [-0.15, -0.1) is 11.3 Å². The fourth-order valence-electron chi connectivity index (χ4n) is 2.38. The number of nitrogens with zero attached hydrogens (tertiary/aromatic N) is 2. The molecule has 8 heteroatoms. The van der Waals surface area contributed by atoms with Gasteiger partial charge in [-0.3, -0.25) is 9.59 Å². The fraction of sp³-hybridized carbons (Fsp3) is 0.150. The highest BCUT2D eigenvalue weighted by Gasteiger charge is 2.18. The third-order valence-corrected chi connectivity index (χ3v) is 6.33. The minimum atomic E-state index is -0.256.